The molecule has 1 aromatic carbocycles. The molecule has 0 bridgehead atoms. The number of carbonyl (C=O) groups is 1. The summed E-state index contributed by atoms with van der Waals surface area (Å²) >= 11 is 1.80. The number of thioether (sulfide) groups is 1. The summed E-state index contributed by atoms with van der Waals surface area (Å²) in [5.74, 6) is 1.99. The van der Waals surface area contributed by atoms with Crippen LogP contribution in [-0.4, -0.2) is 30.9 Å². The van der Waals surface area contributed by atoms with Crippen LogP contribution >= 0.6 is 11.8 Å². The third-order valence-corrected chi connectivity index (χ3v) is 3.91. The fourth-order valence-corrected chi connectivity index (χ4v) is 2.78. The minimum atomic E-state index is 0.145. The number of rotatable bonds is 6. The van der Waals surface area contributed by atoms with E-state index in [1.54, 1.807) is 11.8 Å². The second-order valence-electron chi connectivity index (χ2n) is 4.42. The van der Waals surface area contributed by atoms with Crippen molar-refractivity contribution in [2.75, 3.05) is 19.0 Å². The van der Waals surface area contributed by atoms with Crippen LogP contribution in [-0.2, 0) is 15.3 Å². The van der Waals surface area contributed by atoms with E-state index in [9.17, 15) is 4.79 Å². The standard InChI is InChI=1S/C14H19NO2S/c16-14(15-13-6-8-17-10-13)7-9-18-11-12-4-2-1-3-5-12/h1-5,13H,6-11H2,(H,15,16)/t13-/m0/s1. The number of ether oxygens (including phenoxy) is 1. The predicted molar refractivity (Wildman–Crippen MR) is 74.6 cm³/mol. The molecule has 0 aromatic heterocycles. The number of hydrogen-bond acceptors (Lipinski definition) is 3. The summed E-state index contributed by atoms with van der Waals surface area (Å²) in [4.78, 5) is 11.6. The maximum atomic E-state index is 11.6. The summed E-state index contributed by atoms with van der Waals surface area (Å²) in [7, 11) is 0. The van der Waals surface area contributed by atoms with Crippen LogP contribution in [0.25, 0.3) is 0 Å². The lowest BCUT2D eigenvalue weighted by atomic mass is 10.2. The zero-order valence-electron chi connectivity index (χ0n) is 10.4. The molecule has 0 spiro atoms. The molecule has 1 aliphatic rings. The van der Waals surface area contributed by atoms with E-state index in [2.05, 4.69) is 17.4 Å². The van der Waals surface area contributed by atoms with Gasteiger partial charge >= 0.3 is 0 Å². The van der Waals surface area contributed by atoms with Gasteiger partial charge in [0, 0.05) is 24.5 Å². The lowest BCUT2D eigenvalue weighted by molar-refractivity contribution is -0.121. The molecule has 1 N–H and O–H groups in total. The Kier molecular flexibility index (Phi) is 5.55. The van der Waals surface area contributed by atoms with Crippen molar-refractivity contribution in [3.05, 3.63) is 35.9 Å². The van der Waals surface area contributed by atoms with Crippen molar-refractivity contribution < 1.29 is 9.53 Å². The van der Waals surface area contributed by atoms with Gasteiger partial charge in [-0.1, -0.05) is 30.3 Å². The van der Waals surface area contributed by atoms with Gasteiger partial charge in [0.15, 0.2) is 0 Å². The van der Waals surface area contributed by atoms with Gasteiger partial charge in [-0.2, -0.15) is 11.8 Å². The summed E-state index contributed by atoms with van der Waals surface area (Å²) in [6, 6.07) is 10.6. The summed E-state index contributed by atoms with van der Waals surface area (Å²) in [5.41, 5.74) is 1.31. The molecular formula is C14H19NO2S. The Labute approximate surface area is 112 Å². The van der Waals surface area contributed by atoms with Gasteiger partial charge in [0.05, 0.1) is 12.6 Å². The van der Waals surface area contributed by atoms with Crippen molar-refractivity contribution in [1.29, 1.82) is 0 Å². The van der Waals surface area contributed by atoms with E-state index in [-0.39, 0.29) is 11.9 Å². The fraction of sp³-hybridized carbons (Fsp3) is 0.500. The number of benzene rings is 1. The van der Waals surface area contributed by atoms with Crippen molar-refractivity contribution in [2.45, 2.75) is 24.6 Å². The number of carbonyl (C=O) groups excluding carboxylic acids is 1. The minimum absolute atomic E-state index is 0.145. The molecule has 4 heteroatoms. The van der Waals surface area contributed by atoms with E-state index in [4.69, 9.17) is 4.74 Å². The number of nitrogens with one attached hydrogen (secondary N) is 1. The highest BCUT2D eigenvalue weighted by molar-refractivity contribution is 7.98. The van der Waals surface area contributed by atoms with Gasteiger partial charge in [-0.05, 0) is 12.0 Å². The zero-order chi connectivity index (χ0) is 12.6. The molecule has 3 nitrogen and oxygen atoms in total. The number of amides is 1. The van der Waals surface area contributed by atoms with Crippen molar-refractivity contribution in [2.24, 2.45) is 0 Å². The van der Waals surface area contributed by atoms with E-state index >= 15 is 0 Å². The molecule has 2 rings (SSSR count). The maximum Gasteiger partial charge on any atom is 0.221 e. The van der Waals surface area contributed by atoms with Gasteiger partial charge in [-0.25, -0.2) is 0 Å². The van der Waals surface area contributed by atoms with Crippen molar-refractivity contribution >= 4 is 17.7 Å². The molecule has 1 heterocycles. The smallest absolute Gasteiger partial charge is 0.221 e. The van der Waals surface area contributed by atoms with Crippen LogP contribution in [0.5, 0.6) is 0 Å². The average molecular weight is 265 g/mol. The highest BCUT2D eigenvalue weighted by atomic mass is 32.2. The Morgan fingerprint density at radius 3 is 2.94 bits per heavy atom. The first-order chi connectivity index (χ1) is 8.84. The van der Waals surface area contributed by atoms with Crippen molar-refractivity contribution in [3.8, 4) is 0 Å². The van der Waals surface area contributed by atoms with E-state index in [1.165, 1.54) is 5.56 Å². The largest absolute Gasteiger partial charge is 0.379 e. The Balaban J connectivity index is 1.56. The molecule has 18 heavy (non-hydrogen) atoms. The summed E-state index contributed by atoms with van der Waals surface area (Å²) < 4.78 is 5.22. The topological polar surface area (TPSA) is 38.3 Å². The van der Waals surface area contributed by atoms with Crippen LogP contribution in [0.3, 0.4) is 0 Å². The Morgan fingerprint density at radius 2 is 2.22 bits per heavy atom. The molecule has 1 saturated heterocycles. The van der Waals surface area contributed by atoms with Crippen LogP contribution < -0.4 is 5.32 Å². The van der Waals surface area contributed by atoms with Crippen molar-refractivity contribution in [1.82, 2.24) is 5.32 Å². The highest BCUT2D eigenvalue weighted by Crippen LogP contribution is 2.12. The van der Waals surface area contributed by atoms with Crippen LogP contribution in [0, 0.1) is 0 Å². The van der Waals surface area contributed by atoms with Crippen LogP contribution in [0.15, 0.2) is 30.3 Å². The highest BCUT2D eigenvalue weighted by Gasteiger charge is 2.17. The number of hydrogen-bond donors (Lipinski definition) is 1. The molecule has 1 aliphatic heterocycles. The molecule has 1 fully saturated rings. The molecule has 0 aliphatic carbocycles. The quantitative estimate of drug-likeness (QED) is 0.802. The zero-order valence-corrected chi connectivity index (χ0v) is 11.2. The molecule has 0 unspecified atom stereocenters. The van der Waals surface area contributed by atoms with Crippen LogP contribution in [0.4, 0.5) is 0 Å². The maximum absolute atomic E-state index is 11.6. The summed E-state index contributed by atoms with van der Waals surface area (Å²) in [6.45, 7) is 1.44. The SMILES string of the molecule is O=C(CCSCc1ccccc1)N[C@H]1CCOC1. The van der Waals surface area contributed by atoms with Gasteiger partial charge in [0.25, 0.3) is 0 Å². The molecule has 0 saturated carbocycles. The second kappa shape index (κ2) is 7.44. The van der Waals surface area contributed by atoms with Gasteiger partial charge < -0.3 is 10.1 Å². The van der Waals surface area contributed by atoms with Crippen LogP contribution in [0.2, 0.25) is 0 Å². The van der Waals surface area contributed by atoms with E-state index in [0.29, 0.717) is 13.0 Å². The molecular weight excluding hydrogens is 246 g/mol. The molecule has 1 amide bonds. The normalized spacial score (nSPS) is 18.8. The van der Waals surface area contributed by atoms with Crippen LogP contribution in [0.1, 0.15) is 18.4 Å². The first-order valence-electron chi connectivity index (χ1n) is 6.33. The Bertz CT molecular complexity index is 363. The van der Waals surface area contributed by atoms with Gasteiger partial charge in [-0.3, -0.25) is 4.79 Å². The minimum Gasteiger partial charge on any atom is -0.379 e. The Hall–Kier alpha value is -1.00. The third kappa shape index (κ3) is 4.70. The van der Waals surface area contributed by atoms with Crippen molar-refractivity contribution in [3.63, 3.8) is 0 Å². The molecule has 1 atom stereocenters. The lowest BCUT2D eigenvalue weighted by Crippen LogP contribution is -2.35. The predicted octanol–water partition coefficient (Wildman–Crippen LogP) is 2.21. The van der Waals surface area contributed by atoms with E-state index in [0.717, 1.165) is 24.5 Å². The molecule has 1 aromatic rings. The average Bonchev–Trinajstić information content (AvgIpc) is 2.89. The molecule has 0 radical (unpaired) electrons. The summed E-state index contributed by atoms with van der Waals surface area (Å²) in [5, 5.41) is 3.00. The lowest BCUT2D eigenvalue weighted by Gasteiger charge is -2.10. The first kappa shape index (κ1) is 13.4. The molecule has 98 valence electrons. The summed E-state index contributed by atoms with van der Waals surface area (Å²) in [6.07, 6.45) is 1.54. The van der Waals surface area contributed by atoms with E-state index in [1.807, 2.05) is 18.2 Å². The first-order valence-corrected chi connectivity index (χ1v) is 7.49. The van der Waals surface area contributed by atoms with Gasteiger partial charge in [0.2, 0.25) is 5.91 Å². The van der Waals surface area contributed by atoms with Gasteiger partial charge in [0.1, 0.15) is 0 Å². The third-order valence-electron chi connectivity index (χ3n) is 2.88. The Morgan fingerprint density at radius 1 is 1.39 bits per heavy atom. The van der Waals surface area contributed by atoms with E-state index < -0.39 is 0 Å². The fourth-order valence-electron chi connectivity index (χ4n) is 1.88. The monoisotopic (exact) mass is 265 g/mol. The second-order valence-corrected chi connectivity index (χ2v) is 5.52. The van der Waals surface area contributed by atoms with Gasteiger partial charge in [-0.15, -0.1) is 0 Å².